The molecule has 2 aromatic carbocycles. The van der Waals surface area contributed by atoms with Crippen LogP contribution in [0.15, 0.2) is 42.5 Å². The summed E-state index contributed by atoms with van der Waals surface area (Å²) in [5, 5.41) is 9.25. The van der Waals surface area contributed by atoms with E-state index in [9.17, 15) is 9.50 Å². The van der Waals surface area contributed by atoms with Gasteiger partial charge in [-0.15, -0.1) is 0 Å². The highest BCUT2D eigenvalue weighted by molar-refractivity contribution is 5.35. The van der Waals surface area contributed by atoms with Crippen LogP contribution in [0.4, 0.5) is 4.39 Å². The van der Waals surface area contributed by atoms with Crippen LogP contribution < -0.4 is 10.5 Å². The Morgan fingerprint density at radius 3 is 2.57 bits per heavy atom. The van der Waals surface area contributed by atoms with Gasteiger partial charge in [0, 0.05) is 6.04 Å². The summed E-state index contributed by atoms with van der Waals surface area (Å²) in [7, 11) is 0. The van der Waals surface area contributed by atoms with E-state index in [2.05, 4.69) is 0 Å². The fourth-order valence-corrected chi connectivity index (χ4v) is 2.03. The Hall–Kier alpha value is -2.07. The summed E-state index contributed by atoms with van der Waals surface area (Å²) in [6.07, 6.45) is 1.41. The van der Waals surface area contributed by atoms with Crippen molar-refractivity contribution < 1.29 is 14.2 Å². The van der Waals surface area contributed by atoms with Crippen molar-refractivity contribution in [1.82, 2.24) is 0 Å². The van der Waals surface area contributed by atoms with E-state index >= 15 is 0 Å². The summed E-state index contributed by atoms with van der Waals surface area (Å²) >= 11 is 0. The predicted octanol–water partition coefficient (Wildman–Crippen LogP) is 3.39. The first-order valence-corrected chi connectivity index (χ1v) is 7.03. The number of phenolic OH excluding ortho intramolecular Hbond substituents is 1. The summed E-state index contributed by atoms with van der Waals surface area (Å²) in [6, 6.07) is 11.3. The van der Waals surface area contributed by atoms with Crippen LogP contribution in [0.25, 0.3) is 0 Å². The number of hydrogen-bond acceptors (Lipinski definition) is 3. The number of hydrogen-bond donors (Lipinski definition) is 2. The normalized spacial score (nSPS) is 12.1. The fourth-order valence-electron chi connectivity index (χ4n) is 2.03. The molecule has 0 aliphatic carbocycles. The Bertz CT molecular complexity index is 584. The molecule has 0 saturated carbocycles. The van der Waals surface area contributed by atoms with Crippen molar-refractivity contribution in [3.63, 3.8) is 0 Å². The predicted molar refractivity (Wildman–Crippen MR) is 80.8 cm³/mol. The van der Waals surface area contributed by atoms with Crippen molar-refractivity contribution in [1.29, 1.82) is 0 Å². The number of ether oxygens (including phenoxy) is 1. The summed E-state index contributed by atoms with van der Waals surface area (Å²) in [5.74, 6) is 0.578. The van der Waals surface area contributed by atoms with E-state index in [1.54, 1.807) is 30.3 Å². The van der Waals surface area contributed by atoms with Crippen LogP contribution >= 0.6 is 0 Å². The third-order valence-electron chi connectivity index (χ3n) is 3.36. The van der Waals surface area contributed by atoms with E-state index < -0.39 is 0 Å². The first-order valence-electron chi connectivity index (χ1n) is 7.03. The average Bonchev–Trinajstić information content (AvgIpc) is 2.48. The highest BCUT2D eigenvalue weighted by atomic mass is 19.1. The van der Waals surface area contributed by atoms with Crippen LogP contribution in [0.3, 0.4) is 0 Å². The molecular formula is C17H20FNO2. The lowest BCUT2D eigenvalue weighted by molar-refractivity contribution is 0.301. The van der Waals surface area contributed by atoms with E-state index in [4.69, 9.17) is 10.5 Å². The molecule has 1 unspecified atom stereocenters. The highest BCUT2D eigenvalue weighted by Crippen LogP contribution is 2.23. The lowest BCUT2D eigenvalue weighted by Gasteiger charge is -2.14. The molecular weight excluding hydrogens is 269 g/mol. The maximum Gasteiger partial charge on any atom is 0.123 e. The van der Waals surface area contributed by atoms with Crippen molar-refractivity contribution in [2.24, 2.45) is 5.73 Å². The van der Waals surface area contributed by atoms with E-state index in [0.717, 1.165) is 17.5 Å². The molecule has 2 aromatic rings. The molecule has 0 fully saturated rings. The van der Waals surface area contributed by atoms with E-state index in [1.807, 2.05) is 6.92 Å². The van der Waals surface area contributed by atoms with E-state index in [1.165, 1.54) is 12.1 Å². The maximum absolute atomic E-state index is 13.4. The molecule has 3 nitrogen and oxygen atoms in total. The Morgan fingerprint density at radius 1 is 1.19 bits per heavy atom. The number of phenols is 1. The van der Waals surface area contributed by atoms with Crippen LogP contribution in [-0.2, 0) is 13.0 Å². The molecule has 4 heteroatoms. The molecule has 0 saturated heterocycles. The van der Waals surface area contributed by atoms with Crippen molar-refractivity contribution in [2.75, 3.05) is 0 Å². The largest absolute Gasteiger partial charge is 0.508 e. The molecule has 21 heavy (non-hydrogen) atoms. The molecule has 112 valence electrons. The molecule has 0 spiro atoms. The van der Waals surface area contributed by atoms with E-state index in [-0.39, 0.29) is 17.6 Å². The molecule has 0 aliphatic heterocycles. The lowest BCUT2D eigenvalue weighted by Crippen LogP contribution is -2.21. The summed E-state index contributed by atoms with van der Waals surface area (Å²) in [6.45, 7) is 2.36. The SMILES string of the molecule is CCC(N)Cc1cc(F)ccc1OCc1ccc(O)cc1. The molecule has 0 amide bonds. The Labute approximate surface area is 124 Å². The molecule has 3 N–H and O–H groups in total. The number of rotatable bonds is 6. The number of benzene rings is 2. The van der Waals surface area contributed by atoms with Gasteiger partial charge in [0.25, 0.3) is 0 Å². The van der Waals surface area contributed by atoms with Crippen LogP contribution in [0, 0.1) is 5.82 Å². The van der Waals surface area contributed by atoms with Crippen molar-refractivity contribution in [2.45, 2.75) is 32.4 Å². The first kappa shape index (κ1) is 15.3. The summed E-state index contributed by atoms with van der Waals surface area (Å²) < 4.78 is 19.1. The highest BCUT2D eigenvalue weighted by Gasteiger charge is 2.09. The van der Waals surface area contributed by atoms with Gasteiger partial charge in [-0.1, -0.05) is 19.1 Å². The Morgan fingerprint density at radius 2 is 1.90 bits per heavy atom. The number of halogens is 1. The molecule has 1 atom stereocenters. The van der Waals surface area contributed by atoms with Gasteiger partial charge < -0.3 is 15.6 Å². The van der Waals surface area contributed by atoms with Gasteiger partial charge in [0.2, 0.25) is 0 Å². The Balaban J connectivity index is 2.09. The van der Waals surface area contributed by atoms with Gasteiger partial charge in [0.1, 0.15) is 23.9 Å². The smallest absolute Gasteiger partial charge is 0.123 e. The van der Waals surface area contributed by atoms with Gasteiger partial charge in [-0.2, -0.15) is 0 Å². The topological polar surface area (TPSA) is 55.5 Å². The minimum absolute atomic E-state index is 0.0113. The molecule has 0 radical (unpaired) electrons. The second-order valence-corrected chi connectivity index (χ2v) is 5.08. The fraction of sp³-hybridized carbons (Fsp3) is 0.294. The monoisotopic (exact) mass is 289 g/mol. The third-order valence-corrected chi connectivity index (χ3v) is 3.36. The van der Waals surface area contributed by atoms with Gasteiger partial charge in [0.15, 0.2) is 0 Å². The second kappa shape index (κ2) is 7.09. The van der Waals surface area contributed by atoms with Crippen molar-refractivity contribution in [3.8, 4) is 11.5 Å². The average molecular weight is 289 g/mol. The molecule has 0 heterocycles. The van der Waals surface area contributed by atoms with Crippen LogP contribution in [0.1, 0.15) is 24.5 Å². The standard InChI is InChI=1S/C17H20FNO2/c1-2-15(19)10-13-9-14(18)5-8-17(13)21-11-12-3-6-16(20)7-4-12/h3-9,15,20H,2,10-11,19H2,1H3. The molecule has 0 bridgehead atoms. The van der Waals surface area contributed by atoms with Gasteiger partial charge in [-0.3, -0.25) is 0 Å². The zero-order valence-corrected chi connectivity index (χ0v) is 12.1. The lowest BCUT2D eigenvalue weighted by atomic mass is 10.0. The van der Waals surface area contributed by atoms with Gasteiger partial charge in [-0.25, -0.2) is 4.39 Å². The Kier molecular flexibility index (Phi) is 5.17. The molecule has 0 aliphatic rings. The molecule has 0 aromatic heterocycles. The van der Waals surface area contributed by atoms with Crippen molar-refractivity contribution in [3.05, 3.63) is 59.4 Å². The minimum atomic E-state index is -0.287. The van der Waals surface area contributed by atoms with Gasteiger partial charge >= 0.3 is 0 Å². The van der Waals surface area contributed by atoms with Gasteiger partial charge in [-0.05, 0) is 54.3 Å². The third kappa shape index (κ3) is 4.46. The summed E-state index contributed by atoms with van der Waals surface area (Å²) in [5.41, 5.74) is 7.66. The summed E-state index contributed by atoms with van der Waals surface area (Å²) in [4.78, 5) is 0. The van der Waals surface area contributed by atoms with Crippen LogP contribution in [0.2, 0.25) is 0 Å². The molecule has 2 rings (SSSR count). The second-order valence-electron chi connectivity index (χ2n) is 5.08. The van der Waals surface area contributed by atoms with Crippen LogP contribution in [0.5, 0.6) is 11.5 Å². The quantitative estimate of drug-likeness (QED) is 0.857. The zero-order chi connectivity index (χ0) is 15.2. The minimum Gasteiger partial charge on any atom is -0.508 e. The zero-order valence-electron chi connectivity index (χ0n) is 12.1. The first-order chi connectivity index (χ1) is 10.1. The maximum atomic E-state index is 13.4. The van der Waals surface area contributed by atoms with Gasteiger partial charge in [0.05, 0.1) is 0 Å². The number of nitrogens with two attached hydrogens (primary N) is 1. The van der Waals surface area contributed by atoms with Crippen molar-refractivity contribution >= 4 is 0 Å². The van der Waals surface area contributed by atoms with E-state index in [0.29, 0.717) is 18.8 Å². The number of aromatic hydroxyl groups is 1. The van der Waals surface area contributed by atoms with Crippen LogP contribution in [-0.4, -0.2) is 11.1 Å².